The predicted molar refractivity (Wildman–Crippen MR) is 105 cm³/mol. The van der Waals surface area contributed by atoms with Crippen molar-refractivity contribution in [2.75, 3.05) is 11.1 Å². The zero-order valence-corrected chi connectivity index (χ0v) is 16.4. The fourth-order valence-electron chi connectivity index (χ4n) is 2.17. The van der Waals surface area contributed by atoms with Crippen LogP contribution in [-0.4, -0.2) is 31.4 Å². The number of nitrogens with zero attached hydrogens (tertiary/aromatic N) is 4. The second-order valence-corrected chi connectivity index (χ2v) is 7.04. The molecule has 3 rings (SSSR count). The maximum absolute atomic E-state index is 12.1. The van der Waals surface area contributed by atoms with Gasteiger partial charge in [0.25, 0.3) is 0 Å². The number of hydrogen-bond acceptors (Lipinski definition) is 6. The van der Waals surface area contributed by atoms with Gasteiger partial charge in [0.2, 0.25) is 5.91 Å². The number of anilines is 1. The highest BCUT2D eigenvalue weighted by Crippen LogP contribution is 2.20. The summed E-state index contributed by atoms with van der Waals surface area (Å²) in [6, 6.07) is 11.2. The van der Waals surface area contributed by atoms with E-state index in [-0.39, 0.29) is 16.8 Å². The molecule has 0 bridgehead atoms. The number of hydrogen-bond donors (Lipinski definition) is 1. The van der Waals surface area contributed by atoms with E-state index in [2.05, 4.69) is 20.5 Å². The number of aromatic nitrogens is 4. The number of carbonyl (C=O) groups is 1. The molecule has 2 aromatic heterocycles. The largest absolute Gasteiger partial charge is 0.486 e. The molecule has 3 aromatic rings. The summed E-state index contributed by atoms with van der Waals surface area (Å²) in [5, 5.41) is 11.9. The number of aryl methyl sites for hydroxylation is 1. The van der Waals surface area contributed by atoms with Gasteiger partial charge >= 0.3 is 0 Å². The molecule has 0 aliphatic rings. The normalized spacial score (nSPS) is 10.6. The zero-order valence-electron chi connectivity index (χ0n) is 14.8. The number of halogens is 1. The summed E-state index contributed by atoms with van der Waals surface area (Å²) < 4.78 is 7.53. The first-order chi connectivity index (χ1) is 13.0. The predicted octanol–water partition coefficient (Wildman–Crippen LogP) is 3.48. The molecular formula is C18H18ClN5O2S. The first-order valence-electron chi connectivity index (χ1n) is 8.14. The number of rotatable bonds is 7. The molecule has 0 radical (unpaired) electrons. The first kappa shape index (κ1) is 19.2. The van der Waals surface area contributed by atoms with Gasteiger partial charge in [0, 0.05) is 13.2 Å². The van der Waals surface area contributed by atoms with Crippen molar-refractivity contribution in [1.82, 2.24) is 19.7 Å². The average molecular weight is 404 g/mol. The molecule has 1 amide bonds. The quantitative estimate of drug-likeness (QED) is 0.480. The van der Waals surface area contributed by atoms with Crippen LogP contribution < -0.4 is 10.1 Å². The van der Waals surface area contributed by atoms with Crippen molar-refractivity contribution >= 4 is 35.0 Å². The molecule has 9 heteroatoms. The number of benzene rings is 1. The van der Waals surface area contributed by atoms with Crippen molar-refractivity contribution in [3.63, 3.8) is 0 Å². The Balaban J connectivity index is 1.53. The van der Waals surface area contributed by atoms with E-state index in [4.69, 9.17) is 16.3 Å². The summed E-state index contributed by atoms with van der Waals surface area (Å²) in [7, 11) is 1.84. The Labute approximate surface area is 166 Å². The number of pyridine rings is 1. The van der Waals surface area contributed by atoms with Gasteiger partial charge in [-0.1, -0.05) is 41.1 Å². The summed E-state index contributed by atoms with van der Waals surface area (Å²) in [4.78, 5) is 16.0. The second kappa shape index (κ2) is 8.88. The van der Waals surface area contributed by atoms with Crippen LogP contribution in [0, 0.1) is 6.92 Å². The lowest BCUT2D eigenvalue weighted by molar-refractivity contribution is -0.113. The van der Waals surface area contributed by atoms with Gasteiger partial charge in [-0.05, 0) is 31.2 Å². The molecule has 0 saturated heterocycles. The molecule has 2 heterocycles. The first-order valence-corrected chi connectivity index (χ1v) is 9.50. The third-order valence-electron chi connectivity index (χ3n) is 3.68. The van der Waals surface area contributed by atoms with Gasteiger partial charge in [0.15, 0.2) is 16.1 Å². The van der Waals surface area contributed by atoms with Crippen LogP contribution in [0.4, 0.5) is 5.69 Å². The van der Waals surface area contributed by atoms with E-state index < -0.39 is 0 Å². The van der Waals surface area contributed by atoms with Gasteiger partial charge in [0.1, 0.15) is 12.4 Å². The standard InChI is InChI=1S/C18H18ClN5O2S/c1-12-5-7-13(8-6-12)26-10-15-22-23-18(24(15)2)27-11-16(25)21-14-4-3-9-20-17(14)19/h3-9H,10-11H2,1-2H3,(H,21,25). The van der Waals surface area contributed by atoms with Crippen LogP contribution >= 0.6 is 23.4 Å². The minimum absolute atomic E-state index is 0.177. The van der Waals surface area contributed by atoms with Crippen molar-refractivity contribution in [3.05, 3.63) is 59.1 Å². The van der Waals surface area contributed by atoms with E-state index in [9.17, 15) is 4.79 Å². The molecule has 0 aliphatic carbocycles. The van der Waals surface area contributed by atoms with Crippen LogP contribution in [0.3, 0.4) is 0 Å². The lowest BCUT2D eigenvalue weighted by Gasteiger charge is -2.07. The van der Waals surface area contributed by atoms with Gasteiger partial charge in [-0.15, -0.1) is 10.2 Å². The molecule has 0 atom stereocenters. The van der Waals surface area contributed by atoms with Gasteiger partial charge < -0.3 is 14.6 Å². The second-order valence-electron chi connectivity index (χ2n) is 5.74. The maximum Gasteiger partial charge on any atom is 0.234 e. The van der Waals surface area contributed by atoms with Crippen molar-refractivity contribution in [1.29, 1.82) is 0 Å². The Morgan fingerprint density at radius 3 is 2.78 bits per heavy atom. The minimum atomic E-state index is -0.199. The monoisotopic (exact) mass is 403 g/mol. The number of thioether (sulfide) groups is 1. The lowest BCUT2D eigenvalue weighted by atomic mass is 10.2. The molecule has 7 nitrogen and oxygen atoms in total. The zero-order chi connectivity index (χ0) is 19.2. The van der Waals surface area contributed by atoms with Crippen molar-refractivity contribution in [3.8, 4) is 5.75 Å². The van der Waals surface area contributed by atoms with Gasteiger partial charge in [0.05, 0.1) is 11.4 Å². The summed E-state index contributed by atoms with van der Waals surface area (Å²) in [5.41, 5.74) is 1.65. The Bertz CT molecular complexity index is 930. The van der Waals surface area contributed by atoms with Gasteiger partial charge in [-0.2, -0.15) is 0 Å². The highest BCUT2D eigenvalue weighted by atomic mass is 35.5. The highest BCUT2D eigenvalue weighted by Gasteiger charge is 2.13. The van der Waals surface area contributed by atoms with Crippen LogP contribution in [0.25, 0.3) is 0 Å². The smallest absolute Gasteiger partial charge is 0.234 e. The Morgan fingerprint density at radius 2 is 2.04 bits per heavy atom. The van der Waals surface area contributed by atoms with Crippen molar-refractivity contribution in [2.45, 2.75) is 18.7 Å². The van der Waals surface area contributed by atoms with E-state index in [1.807, 2.05) is 42.8 Å². The van der Waals surface area contributed by atoms with Crippen molar-refractivity contribution in [2.24, 2.45) is 7.05 Å². The van der Waals surface area contributed by atoms with E-state index in [0.29, 0.717) is 23.3 Å². The lowest BCUT2D eigenvalue weighted by Crippen LogP contribution is -2.15. The molecule has 0 unspecified atom stereocenters. The molecule has 0 fully saturated rings. The minimum Gasteiger partial charge on any atom is -0.486 e. The van der Waals surface area contributed by atoms with Crippen LogP contribution in [0.5, 0.6) is 5.75 Å². The Kier molecular flexibility index (Phi) is 6.31. The van der Waals surface area contributed by atoms with Gasteiger partial charge in [-0.3, -0.25) is 4.79 Å². The molecule has 27 heavy (non-hydrogen) atoms. The van der Waals surface area contributed by atoms with Gasteiger partial charge in [-0.25, -0.2) is 4.98 Å². The number of ether oxygens (including phenoxy) is 1. The average Bonchev–Trinajstić information content (AvgIpc) is 3.01. The number of carbonyl (C=O) groups excluding carboxylic acids is 1. The van der Waals surface area contributed by atoms with Crippen LogP contribution in [0.1, 0.15) is 11.4 Å². The highest BCUT2D eigenvalue weighted by molar-refractivity contribution is 7.99. The summed E-state index contributed by atoms with van der Waals surface area (Å²) >= 11 is 7.22. The Hall–Kier alpha value is -2.58. The molecular weight excluding hydrogens is 386 g/mol. The third-order valence-corrected chi connectivity index (χ3v) is 5.00. The molecule has 0 spiro atoms. The summed E-state index contributed by atoms with van der Waals surface area (Å²) in [6.45, 7) is 2.32. The molecule has 0 aliphatic heterocycles. The van der Waals surface area contributed by atoms with E-state index in [1.54, 1.807) is 18.3 Å². The van der Waals surface area contributed by atoms with Crippen LogP contribution in [-0.2, 0) is 18.4 Å². The summed E-state index contributed by atoms with van der Waals surface area (Å²) in [6.07, 6.45) is 1.56. The van der Waals surface area contributed by atoms with E-state index in [0.717, 1.165) is 5.75 Å². The number of amides is 1. The summed E-state index contributed by atoms with van der Waals surface area (Å²) in [5.74, 6) is 1.42. The van der Waals surface area contributed by atoms with E-state index in [1.165, 1.54) is 17.3 Å². The van der Waals surface area contributed by atoms with Crippen LogP contribution in [0.2, 0.25) is 5.15 Å². The SMILES string of the molecule is Cc1ccc(OCc2nnc(SCC(=O)Nc3cccnc3Cl)n2C)cc1. The molecule has 1 N–H and O–H groups in total. The van der Waals surface area contributed by atoms with Crippen molar-refractivity contribution < 1.29 is 9.53 Å². The van der Waals surface area contributed by atoms with Crippen LogP contribution in [0.15, 0.2) is 47.8 Å². The fourth-order valence-corrected chi connectivity index (χ4v) is 3.07. The fraction of sp³-hybridized carbons (Fsp3) is 0.222. The molecule has 0 saturated carbocycles. The molecule has 140 valence electrons. The number of nitrogens with one attached hydrogen (secondary N) is 1. The molecule has 1 aromatic carbocycles. The Morgan fingerprint density at radius 1 is 1.26 bits per heavy atom. The topological polar surface area (TPSA) is 81.9 Å². The third kappa shape index (κ3) is 5.21. The van der Waals surface area contributed by atoms with E-state index >= 15 is 0 Å². The maximum atomic E-state index is 12.1.